The first-order chi connectivity index (χ1) is 10.3. The van der Waals surface area contributed by atoms with Gasteiger partial charge in [0.15, 0.2) is 0 Å². The third-order valence-corrected chi connectivity index (χ3v) is 4.87. The highest BCUT2D eigenvalue weighted by atomic mass is 16.5. The summed E-state index contributed by atoms with van der Waals surface area (Å²) in [6.45, 7) is 8.99. The molecule has 1 rings (SSSR count). The van der Waals surface area contributed by atoms with Gasteiger partial charge in [-0.2, -0.15) is 0 Å². The second kappa shape index (κ2) is 12.5. The van der Waals surface area contributed by atoms with E-state index in [9.17, 15) is 0 Å². The average Bonchev–Trinajstić information content (AvgIpc) is 2.91. The molecule has 0 amide bonds. The minimum atomic E-state index is 0.459. The molecule has 0 radical (unpaired) electrons. The molecule has 0 bridgehead atoms. The Morgan fingerprint density at radius 2 is 1.62 bits per heavy atom. The average molecular weight is 298 g/mol. The third-order valence-electron chi connectivity index (χ3n) is 4.87. The maximum atomic E-state index is 5.98. The summed E-state index contributed by atoms with van der Waals surface area (Å²) in [6, 6.07) is 0.586. The van der Waals surface area contributed by atoms with E-state index in [2.05, 4.69) is 26.1 Å². The predicted octanol–water partition coefficient (Wildman–Crippen LogP) is 5.31. The molecule has 3 atom stereocenters. The van der Waals surface area contributed by atoms with Crippen molar-refractivity contribution in [2.75, 3.05) is 13.2 Å². The molecular weight excluding hydrogens is 258 g/mol. The Hall–Kier alpha value is -0.0800. The van der Waals surface area contributed by atoms with E-state index in [1.165, 1.54) is 70.6 Å². The predicted molar refractivity (Wildman–Crippen MR) is 92.8 cm³/mol. The smallest absolute Gasteiger partial charge is 0.0754 e. The van der Waals surface area contributed by atoms with Crippen molar-refractivity contribution in [2.45, 2.75) is 104 Å². The van der Waals surface area contributed by atoms with Crippen molar-refractivity contribution in [3.05, 3.63) is 0 Å². The fraction of sp³-hybridized carbons (Fsp3) is 1.00. The van der Waals surface area contributed by atoms with Crippen LogP contribution in [0.15, 0.2) is 0 Å². The molecule has 21 heavy (non-hydrogen) atoms. The van der Waals surface area contributed by atoms with Crippen LogP contribution in [0.2, 0.25) is 0 Å². The lowest BCUT2D eigenvalue weighted by Crippen LogP contribution is -2.42. The first-order valence-corrected chi connectivity index (χ1v) is 9.64. The van der Waals surface area contributed by atoms with Gasteiger partial charge in [-0.1, -0.05) is 72.1 Å². The molecule has 126 valence electrons. The Kier molecular flexibility index (Phi) is 11.3. The second-order valence-electron chi connectivity index (χ2n) is 6.93. The van der Waals surface area contributed by atoms with Crippen molar-refractivity contribution in [3.8, 4) is 0 Å². The van der Waals surface area contributed by atoms with Gasteiger partial charge in [0.1, 0.15) is 0 Å². The zero-order valence-electron chi connectivity index (χ0n) is 14.8. The van der Waals surface area contributed by atoms with Crippen molar-refractivity contribution in [2.24, 2.45) is 5.92 Å². The van der Waals surface area contributed by atoms with Gasteiger partial charge in [0.05, 0.1) is 6.10 Å². The van der Waals surface area contributed by atoms with Gasteiger partial charge in [-0.25, -0.2) is 0 Å². The van der Waals surface area contributed by atoms with Crippen molar-refractivity contribution >= 4 is 0 Å². The van der Waals surface area contributed by atoms with Crippen molar-refractivity contribution in [1.82, 2.24) is 5.32 Å². The topological polar surface area (TPSA) is 21.3 Å². The van der Waals surface area contributed by atoms with Crippen LogP contribution in [-0.2, 0) is 4.74 Å². The van der Waals surface area contributed by atoms with E-state index in [4.69, 9.17) is 4.74 Å². The van der Waals surface area contributed by atoms with E-state index in [0.717, 1.165) is 19.1 Å². The first kappa shape index (κ1) is 19.0. The van der Waals surface area contributed by atoms with Crippen LogP contribution < -0.4 is 5.32 Å². The molecule has 2 nitrogen and oxygen atoms in total. The van der Waals surface area contributed by atoms with Gasteiger partial charge < -0.3 is 10.1 Å². The Balaban J connectivity index is 2.11. The summed E-state index contributed by atoms with van der Waals surface area (Å²) in [5.41, 5.74) is 0. The standard InChI is InChI=1S/C19H39NO/c1-4-6-7-8-9-10-11-12-13-18(20-15-5-2)19-17(3)14-16-21-19/h17-20H,4-16H2,1-3H3. The van der Waals surface area contributed by atoms with Crippen LogP contribution in [0.4, 0.5) is 0 Å². The molecule has 0 aromatic carbocycles. The Morgan fingerprint density at radius 3 is 2.19 bits per heavy atom. The molecule has 0 saturated carbocycles. The van der Waals surface area contributed by atoms with Crippen LogP contribution in [0.1, 0.15) is 91.4 Å². The molecule has 0 aliphatic carbocycles. The molecule has 0 spiro atoms. The number of unbranched alkanes of at least 4 members (excludes halogenated alkanes) is 7. The molecular formula is C19H39NO. The Morgan fingerprint density at radius 1 is 0.952 bits per heavy atom. The van der Waals surface area contributed by atoms with Crippen LogP contribution >= 0.6 is 0 Å². The van der Waals surface area contributed by atoms with E-state index in [1.807, 2.05) is 0 Å². The minimum absolute atomic E-state index is 0.459. The fourth-order valence-electron chi connectivity index (χ4n) is 3.44. The summed E-state index contributed by atoms with van der Waals surface area (Å²) < 4.78 is 5.98. The van der Waals surface area contributed by atoms with Crippen LogP contribution in [-0.4, -0.2) is 25.3 Å². The zero-order valence-corrected chi connectivity index (χ0v) is 14.8. The molecule has 1 aliphatic heterocycles. The highest BCUT2D eigenvalue weighted by molar-refractivity contribution is 4.84. The Labute approximate surface area is 133 Å². The molecule has 0 aromatic heterocycles. The maximum absolute atomic E-state index is 5.98. The molecule has 0 aromatic rings. The molecule has 1 saturated heterocycles. The van der Waals surface area contributed by atoms with Gasteiger partial charge in [0, 0.05) is 12.6 Å². The van der Waals surface area contributed by atoms with Crippen molar-refractivity contribution in [3.63, 3.8) is 0 Å². The monoisotopic (exact) mass is 297 g/mol. The van der Waals surface area contributed by atoms with E-state index in [-0.39, 0.29) is 0 Å². The lowest BCUT2D eigenvalue weighted by atomic mass is 9.93. The van der Waals surface area contributed by atoms with E-state index >= 15 is 0 Å². The highest BCUT2D eigenvalue weighted by Gasteiger charge is 2.31. The lowest BCUT2D eigenvalue weighted by Gasteiger charge is -2.27. The quantitative estimate of drug-likeness (QED) is 0.465. The van der Waals surface area contributed by atoms with Gasteiger partial charge in [-0.05, 0) is 31.7 Å². The molecule has 2 heteroatoms. The summed E-state index contributed by atoms with van der Waals surface area (Å²) >= 11 is 0. The SMILES string of the molecule is CCCCCCCCCCC(NCCC)C1OCCC1C. The molecule has 1 aliphatic rings. The lowest BCUT2D eigenvalue weighted by molar-refractivity contribution is 0.0574. The number of hydrogen-bond donors (Lipinski definition) is 1. The van der Waals surface area contributed by atoms with Gasteiger partial charge in [0.25, 0.3) is 0 Å². The summed E-state index contributed by atoms with van der Waals surface area (Å²) in [7, 11) is 0. The normalized spacial score (nSPS) is 23.6. The van der Waals surface area contributed by atoms with Crippen LogP contribution in [0.5, 0.6) is 0 Å². The fourth-order valence-corrected chi connectivity index (χ4v) is 3.44. The van der Waals surface area contributed by atoms with E-state index < -0.39 is 0 Å². The van der Waals surface area contributed by atoms with Gasteiger partial charge in [-0.3, -0.25) is 0 Å². The van der Waals surface area contributed by atoms with Crippen LogP contribution in [0, 0.1) is 5.92 Å². The van der Waals surface area contributed by atoms with Gasteiger partial charge in [0.2, 0.25) is 0 Å². The summed E-state index contributed by atoms with van der Waals surface area (Å²) in [6.07, 6.45) is 15.5. The molecule has 1 fully saturated rings. The maximum Gasteiger partial charge on any atom is 0.0754 e. The van der Waals surface area contributed by atoms with Crippen molar-refractivity contribution in [1.29, 1.82) is 0 Å². The van der Waals surface area contributed by atoms with Crippen molar-refractivity contribution < 1.29 is 4.74 Å². The Bertz CT molecular complexity index is 232. The van der Waals surface area contributed by atoms with Crippen LogP contribution in [0.25, 0.3) is 0 Å². The largest absolute Gasteiger partial charge is 0.376 e. The molecule has 3 unspecified atom stereocenters. The number of nitrogens with one attached hydrogen (secondary N) is 1. The minimum Gasteiger partial charge on any atom is -0.376 e. The second-order valence-corrected chi connectivity index (χ2v) is 6.93. The summed E-state index contributed by atoms with van der Waals surface area (Å²) in [5, 5.41) is 3.74. The highest BCUT2D eigenvalue weighted by Crippen LogP contribution is 2.25. The van der Waals surface area contributed by atoms with E-state index in [1.54, 1.807) is 0 Å². The number of ether oxygens (including phenoxy) is 1. The van der Waals surface area contributed by atoms with E-state index in [0.29, 0.717) is 12.1 Å². The third kappa shape index (κ3) is 8.21. The molecule has 1 heterocycles. The summed E-state index contributed by atoms with van der Waals surface area (Å²) in [5.74, 6) is 0.730. The first-order valence-electron chi connectivity index (χ1n) is 9.64. The summed E-state index contributed by atoms with van der Waals surface area (Å²) in [4.78, 5) is 0. The number of rotatable bonds is 13. The molecule has 1 N–H and O–H groups in total. The van der Waals surface area contributed by atoms with Crippen LogP contribution in [0.3, 0.4) is 0 Å². The zero-order chi connectivity index (χ0) is 15.3. The van der Waals surface area contributed by atoms with Gasteiger partial charge >= 0.3 is 0 Å². The van der Waals surface area contributed by atoms with Gasteiger partial charge in [-0.15, -0.1) is 0 Å². The number of hydrogen-bond acceptors (Lipinski definition) is 2.